The van der Waals surface area contributed by atoms with Crippen molar-refractivity contribution >= 4 is 11.6 Å². The van der Waals surface area contributed by atoms with Crippen LogP contribution in [0.4, 0.5) is 0 Å². The molecular weight excluding hydrogens is 256 g/mol. The van der Waals surface area contributed by atoms with Crippen molar-refractivity contribution in [2.45, 2.75) is 38.0 Å². The van der Waals surface area contributed by atoms with Crippen molar-refractivity contribution in [3.63, 3.8) is 0 Å². The van der Waals surface area contributed by atoms with E-state index >= 15 is 0 Å². The molecule has 0 spiro atoms. The molecule has 1 aliphatic carbocycles. The lowest BCUT2D eigenvalue weighted by atomic mass is 9.75. The first kappa shape index (κ1) is 13.8. The summed E-state index contributed by atoms with van der Waals surface area (Å²) in [5.74, 6) is 0. The topological polar surface area (TPSA) is 56.5 Å². The van der Waals surface area contributed by atoms with Crippen molar-refractivity contribution < 1.29 is 14.6 Å². The van der Waals surface area contributed by atoms with Crippen molar-refractivity contribution in [2.75, 3.05) is 20.3 Å². The summed E-state index contributed by atoms with van der Waals surface area (Å²) in [6.07, 6.45) is 2.82. The molecule has 1 saturated carbocycles. The largest absolute Gasteiger partial charge is 0.383 e. The number of methoxy groups -OCH3 is 1. The molecule has 1 aliphatic rings. The molecule has 102 valence electrons. The van der Waals surface area contributed by atoms with Gasteiger partial charge in [0.1, 0.15) is 5.60 Å². The first-order valence-electron chi connectivity index (χ1n) is 6.15. The zero-order valence-electron chi connectivity index (χ0n) is 10.7. The summed E-state index contributed by atoms with van der Waals surface area (Å²) < 4.78 is 12.2. The third-order valence-electron chi connectivity index (χ3n) is 3.28. The maximum absolute atomic E-state index is 10.6. The van der Waals surface area contributed by atoms with E-state index in [0.717, 1.165) is 0 Å². The van der Waals surface area contributed by atoms with Crippen LogP contribution in [0.1, 0.15) is 25.5 Å². The van der Waals surface area contributed by atoms with Crippen LogP contribution in [0.2, 0.25) is 5.02 Å². The SMILES string of the molecule is CCOC1CC(O)(c2c(Cl)cnn2CCOC)C1. The molecule has 1 fully saturated rings. The molecule has 0 saturated heterocycles. The molecule has 0 atom stereocenters. The van der Waals surface area contributed by atoms with Gasteiger partial charge in [-0.3, -0.25) is 4.68 Å². The highest BCUT2D eigenvalue weighted by Crippen LogP contribution is 2.45. The fraction of sp³-hybridized carbons (Fsp3) is 0.750. The molecule has 0 amide bonds. The minimum Gasteiger partial charge on any atom is -0.383 e. The standard InChI is InChI=1S/C12H19ClN2O3/c1-3-18-9-6-12(16,7-9)11-10(13)8-14-15(11)4-5-17-2/h8-9,16H,3-7H2,1-2H3. The average Bonchev–Trinajstić information content (AvgIpc) is 2.66. The van der Waals surface area contributed by atoms with Crippen molar-refractivity contribution in [3.8, 4) is 0 Å². The van der Waals surface area contributed by atoms with Crippen LogP contribution in [-0.2, 0) is 21.6 Å². The maximum Gasteiger partial charge on any atom is 0.113 e. The molecule has 0 aliphatic heterocycles. The van der Waals surface area contributed by atoms with Crippen LogP contribution in [0.15, 0.2) is 6.20 Å². The van der Waals surface area contributed by atoms with E-state index in [9.17, 15) is 5.11 Å². The van der Waals surface area contributed by atoms with Gasteiger partial charge in [-0.1, -0.05) is 11.6 Å². The smallest absolute Gasteiger partial charge is 0.113 e. The van der Waals surface area contributed by atoms with E-state index in [1.54, 1.807) is 18.0 Å². The van der Waals surface area contributed by atoms with E-state index in [4.69, 9.17) is 21.1 Å². The second-order valence-corrected chi connectivity index (χ2v) is 4.98. The zero-order valence-corrected chi connectivity index (χ0v) is 11.5. The fourth-order valence-electron chi connectivity index (χ4n) is 2.41. The maximum atomic E-state index is 10.6. The van der Waals surface area contributed by atoms with Gasteiger partial charge in [-0.2, -0.15) is 5.10 Å². The summed E-state index contributed by atoms with van der Waals surface area (Å²) in [5, 5.41) is 15.2. The first-order valence-corrected chi connectivity index (χ1v) is 6.53. The van der Waals surface area contributed by atoms with E-state index in [2.05, 4.69) is 5.10 Å². The van der Waals surface area contributed by atoms with Crippen LogP contribution in [0.3, 0.4) is 0 Å². The van der Waals surface area contributed by atoms with E-state index < -0.39 is 5.60 Å². The van der Waals surface area contributed by atoms with Crippen LogP contribution in [0, 0.1) is 0 Å². The van der Waals surface area contributed by atoms with Gasteiger partial charge < -0.3 is 14.6 Å². The lowest BCUT2D eigenvalue weighted by Crippen LogP contribution is -2.47. The molecule has 1 aromatic heterocycles. The lowest BCUT2D eigenvalue weighted by Gasteiger charge is -2.43. The Morgan fingerprint density at radius 2 is 2.33 bits per heavy atom. The number of aliphatic hydroxyl groups is 1. The van der Waals surface area contributed by atoms with Gasteiger partial charge in [0.2, 0.25) is 0 Å². The lowest BCUT2D eigenvalue weighted by molar-refractivity contribution is -0.146. The van der Waals surface area contributed by atoms with E-state index in [1.807, 2.05) is 6.92 Å². The third-order valence-corrected chi connectivity index (χ3v) is 3.55. The monoisotopic (exact) mass is 274 g/mol. The Hall–Kier alpha value is -0.620. The molecule has 0 radical (unpaired) electrons. The minimum atomic E-state index is -0.916. The summed E-state index contributed by atoms with van der Waals surface area (Å²) in [4.78, 5) is 0. The van der Waals surface area contributed by atoms with Crippen LogP contribution >= 0.6 is 11.6 Å². The Labute approximate surface area is 112 Å². The number of hydrogen-bond acceptors (Lipinski definition) is 4. The fourth-order valence-corrected chi connectivity index (χ4v) is 2.73. The van der Waals surface area contributed by atoms with Gasteiger partial charge in [-0.15, -0.1) is 0 Å². The highest BCUT2D eigenvalue weighted by molar-refractivity contribution is 6.31. The Balaban J connectivity index is 2.10. The van der Waals surface area contributed by atoms with Crippen LogP contribution in [-0.4, -0.2) is 41.3 Å². The third kappa shape index (κ3) is 2.54. The molecule has 2 rings (SSSR count). The molecule has 1 N–H and O–H groups in total. The van der Waals surface area contributed by atoms with Crippen molar-refractivity contribution in [1.29, 1.82) is 0 Å². The second-order valence-electron chi connectivity index (χ2n) is 4.57. The van der Waals surface area contributed by atoms with Gasteiger partial charge >= 0.3 is 0 Å². The number of ether oxygens (including phenoxy) is 2. The molecule has 1 heterocycles. The van der Waals surface area contributed by atoms with Gasteiger partial charge in [-0.25, -0.2) is 0 Å². The Bertz CT molecular complexity index is 402. The van der Waals surface area contributed by atoms with Gasteiger partial charge in [-0.05, 0) is 6.92 Å². The molecule has 5 nitrogen and oxygen atoms in total. The molecular formula is C12H19ClN2O3. The van der Waals surface area contributed by atoms with Crippen molar-refractivity contribution in [1.82, 2.24) is 9.78 Å². The molecule has 0 bridgehead atoms. The van der Waals surface area contributed by atoms with Crippen LogP contribution in [0.5, 0.6) is 0 Å². The van der Waals surface area contributed by atoms with Gasteiger partial charge in [0.15, 0.2) is 0 Å². The molecule has 0 aromatic carbocycles. The number of aromatic nitrogens is 2. The minimum absolute atomic E-state index is 0.113. The normalized spacial score (nSPS) is 27.2. The number of hydrogen-bond donors (Lipinski definition) is 1. The second kappa shape index (κ2) is 5.57. The number of nitrogens with zero attached hydrogens (tertiary/aromatic N) is 2. The zero-order chi connectivity index (χ0) is 13.2. The van der Waals surface area contributed by atoms with Crippen LogP contribution < -0.4 is 0 Å². The average molecular weight is 275 g/mol. The molecule has 18 heavy (non-hydrogen) atoms. The molecule has 1 aromatic rings. The Kier molecular flexibility index (Phi) is 4.27. The predicted molar refractivity (Wildman–Crippen MR) is 67.7 cm³/mol. The summed E-state index contributed by atoms with van der Waals surface area (Å²) in [5.41, 5.74) is -0.238. The van der Waals surface area contributed by atoms with Gasteiger partial charge in [0.25, 0.3) is 0 Å². The van der Waals surface area contributed by atoms with Gasteiger partial charge in [0, 0.05) is 26.6 Å². The van der Waals surface area contributed by atoms with Crippen molar-refractivity contribution in [2.24, 2.45) is 0 Å². The van der Waals surface area contributed by atoms with Gasteiger partial charge in [0.05, 0.1) is 36.2 Å². The van der Waals surface area contributed by atoms with Crippen LogP contribution in [0.25, 0.3) is 0 Å². The van der Waals surface area contributed by atoms with Crippen molar-refractivity contribution in [3.05, 3.63) is 16.9 Å². The Morgan fingerprint density at radius 3 is 2.94 bits per heavy atom. The summed E-state index contributed by atoms with van der Waals surface area (Å²) in [6, 6.07) is 0. The number of rotatable bonds is 6. The summed E-state index contributed by atoms with van der Waals surface area (Å²) in [6.45, 7) is 3.74. The summed E-state index contributed by atoms with van der Waals surface area (Å²) in [7, 11) is 1.63. The van der Waals surface area contributed by atoms with E-state index in [-0.39, 0.29) is 6.10 Å². The quantitative estimate of drug-likeness (QED) is 0.856. The highest BCUT2D eigenvalue weighted by atomic mass is 35.5. The predicted octanol–water partition coefficient (Wildman–Crippen LogP) is 1.57. The molecule has 6 heteroatoms. The highest BCUT2D eigenvalue weighted by Gasteiger charge is 2.48. The Morgan fingerprint density at radius 1 is 1.61 bits per heavy atom. The molecule has 0 unspecified atom stereocenters. The van der Waals surface area contributed by atoms with E-state index in [0.29, 0.717) is 43.3 Å². The van der Waals surface area contributed by atoms with E-state index in [1.165, 1.54) is 0 Å². The number of halogens is 1. The summed E-state index contributed by atoms with van der Waals surface area (Å²) >= 11 is 6.12. The first-order chi connectivity index (χ1) is 8.60.